The Balaban J connectivity index is 1.59. The van der Waals surface area contributed by atoms with E-state index in [1.165, 1.54) is 29.4 Å². The summed E-state index contributed by atoms with van der Waals surface area (Å²) in [7, 11) is 1.42. The standard InChI is InChI=1S/C25H24O4/c1-27-23(26)20-8-10-22-19(15-20)7-9-21-17-25(28-13-14-29-25)12-11-24(21,22)16-18-5-3-2-4-6-18/h2-6,8-10,13-15H,7,11-12,16-17H2,1H3/t24-/m0/s1. The minimum atomic E-state index is -0.560. The number of fused-ring (bicyclic) bond motifs is 3. The second kappa shape index (κ2) is 6.80. The highest BCUT2D eigenvalue weighted by Gasteiger charge is 2.51. The average molecular weight is 388 g/mol. The summed E-state index contributed by atoms with van der Waals surface area (Å²) in [5, 5.41) is 0. The Labute approximate surface area is 170 Å². The topological polar surface area (TPSA) is 44.8 Å². The minimum absolute atomic E-state index is 0.107. The predicted molar refractivity (Wildman–Crippen MR) is 109 cm³/mol. The van der Waals surface area contributed by atoms with E-state index in [1.807, 2.05) is 12.1 Å². The highest BCUT2D eigenvalue weighted by Crippen LogP contribution is 2.54. The molecule has 29 heavy (non-hydrogen) atoms. The fourth-order valence-electron chi connectivity index (χ4n) is 5.17. The molecule has 2 aromatic rings. The van der Waals surface area contributed by atoms with Crippen molar-refractivity contribution in [3.05, 3.63) is 95.0 Å². The summed E-state index contributed by atoms with van der Waals surface area (Å²) in [6.45, 7) is 0. The van der Waals surface area contributed by atoms with Crippen LogP contribution in [0, 0.1) is 0 Å². The summed E-state index contributed by atoms with van der Waals surface area (Å²) in [5.41, 5.74) is 5.70. The lowest BCUT2D eigenvalue weighted by atomic mass is 9.58. The zero-order valence-electron chi connectivity index (χ0n) is 16.5. The molecule has 2 aliphatic carbocycles. The summed E-state index contributed by atoms with van der Waals surface area (Å²) in [6, 6.07) is 16.6. The quantitative estimate of drug-likeness (QED) is 0.558. The first-order valence-electron chi connectivity index (χ1n) is 10.1. The molecular formula is C25H24O4. The molecule has 0 unspecified atom stereocenters. The molecule has 0 amide bonds. The van der Waals surface area contributed by atoms with E-state index < -0.39 is 5.79 Å². The molecule has 0 saturated heterocycles. The van der Waals surface area contributed by atoms with Crippen molar-refractivity contribution in [1.82, 2.24) is 0 Å². The summed E-state index contributed by atoms with van der Waals surface area (Å²) < 4.78 is 16.7. The van der Waals surface area contributed by atoms with Crippen molar-refractivity contribution in [2.45, 2.75) is 43.3 Å². The van der Waals surface area contributed by atoms with Gasteiger partial charge in [0, 0.05) is 18.3 Å². The third-order valence-corrected chi connectivity index (χ3v) is 6.59. The number of rotatable bonds is 3. The molecule has 148 valence electrons. The number of hydrogen-bond donors (Lipinski definition) is 0. The SMILES string of the molecule is COC(=O)c1ccc2c(c1)CC=C1CC3(CC[C@]12Cc1ccccc1)OC=CO3. The number of esters is 1. The molecule has 1 fully saturated rings. The number of methoxy groups -OCH3 is 1. The van der Waals surface area contributed by atoms with Gasteiger partial charge in [0.15, 0.2) is 0 Å². The second-order valence-corrected chi connectivity index (χ2v) is 8.14. The van der Waals surface area contributed by atoms with E-state index in [2.05, 4.69) is 42.5 Å². The van der Waals surface area contributed by atoms with E-state index in [0.717, 1.165) is 32.1 Å². The Kier molecular flexibility index (Phi) is 4.23. The van der Waals surface area contributed by atoms with Crippen molar-refractivity contribution in [1.29, 1.82) is 0 Å². The monoisotopic (exact) mass is 388 g/mol. The van der Waals surface area contributed by atoms with E-state index in [4.69, 9.17) is 14.2 Å². The van der Waals surface area contributed by atoms with Gasteiger partial charge >= 0.3 is 5.97 Å². The molecule has 3 aliphatic rings. The van der Waals surface area contributed by atoms with Crippen molar-refractivity contribution in [2.24, 2.45) is 0 Å². The van der Waals surface area contributed by atoms with Gasteiger partial charge in [-0.25, -0.2) is 4.79 Å². The van der Waals surface area contributed by atoms with Gasteiger partial charge in [0.2, 0.25) is 0 Å². The molecule has 1 aliphatic heterocycles. The number of hydrogen-bond acceptors (Lipinski definition) is 4. The van der Waals surface area contributed by atoms with Crippen LogP contribution in [0.2, 0.25) is 0 Å². The molecule has 2 aromatic carbocycles. The van der Waals surface area contributed by atoms with Crippen LogP contribution >= 0.6 is 0 Å². The second-order valence-electron chi connectivity index (χ2n) is 8.14. The molecule has 0 radical (unpaired) electrons. The number of benzene rings is 2. The Morgan fingerprint density at radius 3 is 2.62 bits per heavy atom. The van der Waals surface area contributed by atoms with Gasteiger partial charge in [-0.05, 0) is 48.1 Å². The molecule has 1 spiro atoms. The molecular weight excluding hydrogens is 364 g/mol. The van der Waals surface area contributed by atoms with E-state index in [-0.39, 0.29) is 11.4 Å². The van der Waals surface area contributed by atoms with E-state index in [0.29, 0.717) is 5.56 Å². The fourth-order valence-corrected chi connectivity index (χ4v) is 5.17. The van der Waals surface area contributed by atoms with Gasteiger partial charge in [-0.15, -0.1) is 0 Å². The average Bonchev–Trinajstić information content (AvgIpc) is 3.22. The highest BCUT2D eigenvalue weighted by molar-refractivity contribution is 5.89. The van der Waals surface area contributed by atoms with Gasteiger partial charge in [0.05, 0.1) is 12.7 Å². The number of ether oxygens (including phenoxy) is 3. The van der Waals surface area contributed by atoms with Crippen LogP contribution in [0.4, 0.5) is 0 Å². The van der Waals surface area contributed by atoms with Crippen LogP contribution in [0.3, 0.4) is 0 Å². The molecule has 1 saturated carbocycles. The Hall–Kier alpha value is -3.01. The predicted octanol–water partition coefficient (Wildman–Crippen LogP) is 4.83. The molecule has 4 heteroatoms. The van der Waals surface area contributed by atoms with Crippen molar-refractivity contribution < 1.29 is 19.0 Å². The molecule has 0 aromatic heterocycles. The third-order valence-electron chi connectivity index (χ3n) is 6.59. The van der Waals surface area contributed by atoms with Gasteiger partial charge in [0.25, 0.3) is 5.79 Å². The normalized spacial score (nSPS) is 23.4. The third kappa shape index (κ3) is 2.94. The molecule has 5 rings (SSSR count). The largest absolute Gasteiger partial charge is 0.465 e. The van der Waals surface area contributed by atoms with Crippen LogP contribution in [0.15, 0.2) is 72.7 Å². The van der Waals surface area contributed by atoms with Gasteiger partial charge < -0.3 is 14.2 Å². The summed E-state index contributed by atoms with van der Waals surface area (Å²) >= 11 is 0. The first kappa shape index (κ1) is 18.0. The zero-order chi connectivity index (χ0) is 19.9. The Bertz CT molecular complexity index is 997. The first-order chi connectivity index (χ1) is 14.1. The minimum Gasteiger partial charge on any atom is -0.465 e. The first-order valence-corrected chi connectivity index (χ1v) is 10.1. The number of carbonyl (C=O) groups excluding carboxylic acids is 1. The fraction of sp³-hybridized carbons (Fsp3) is 0.320. The number of allylic oxidation sites excluding steroid dienone is 1. The van der Waals surface area contributed by atoms with Crippen molar-refractivity contribution in [3.8, 4) is 0 Å². The van der Waals surface area contributed by atoms with E-state index in [1.54, 1.807) is 12.5 Å². The number of carbonyl (C=O) groups is 1. The molecule has 4 nitrogen and oxygen atoms in total. The molecule has 0 bridgehead atoms. The van der Waals surface area contributed by atoms with Crippen molar-refractivity contribution >= 4 is 5.97 Å². The van der Waals surface area contributed by atoms with Gasteiger partial charge in [0.1, 0.15) is 12.5 Å². The van der Waals surface area contributed by atoms with Crippen LogP contribution in [-0.4, -0.2) is 18.9 Å². The maximum Gasteiger partial charge on any atom is 0.337 e. The lowest BCUT2D eigenvalue weighted by molar-refractivity contribution is -0.158. The zero-order valence-corrected chi connectivity index (χ0v) is 16.5. The van der Waals surface area contributed by atoms with Gasteiger partial charge in [-0.1, -0.05) is 48.0 Å². The van der Waals surface area contributed by atoms with Gasteiger partial charge in [-0.3, -0.25) is 0 Å². The summed E-state index contributed by atoms with van der Waals surface area (Å²) in [6.07, 6.45) is 9.86. The molecule has 1 heterocycles. The Morgan fingerprint density at radius 2 is 1.86 bits per heavy atom. The van der Waals surface area contributed by atoms with Gasteiger partial charge in [-0.2, -0.15) is 0 Å². The van der Waals surface area contributed by atoms with Crippen LogP contribution in [0.5, 0.6) is 0 Å². The lowest BCUT2D eigenvalue weighted by Gasteiger charge is -2.48. The summed E-state index contributed by atoms with van der Waals surface area (Å²) in [5.74, 6) is -0.851. The molecule has 0 N–H and O–H groups in total. The lowest BCUT2D eigenvalue weighted by Crippen LogP contribution is -2.46. The van der Waals surface area contributed by atoms with Crippen LogP contribution in [0.1, 0.15) is 46.3 Å². The maximum atomic E-state index is 12.0. The highest BCUT2D eigenvalue weighted by atomic mass is 16.7. The van der Waals surface area contributed by atoms with Crippen molar-refractivity contribution in [3.63, 3.8) is 0 Å². The smallest absolute Gasteiger partial charge is 0.337 e. The Morgan fingerprint density at radius 1 is 1.07 bits per heavy atom. The maximum absolute atomic E-state index is 12.0. The molecule has 1 atom stereocenters. The van der Waals surface area contributed by atoms with E-state index >= 15 is 0 Å². The van der Waals surface area contributed by atoms with Crippen molar-refractivity contribution in [2.75, 3.05) is 7.11 Å². The van der Waals surface area contributed by atoms with Crippen LogP contribution < -0.4 is 0 Å². The summed E-state index contributed by atoms with van der Waals surface area (Å²) in [4.78, 5) is 12.0. The van der Waals surface area contributed by atoms with E-state index in [9.17, 15) is 4.79 Å². The van der Waals surface area contributed by atoms with Crippen LogP contribution in [0.25, 0.3) is 0 Å². The van der Waals surface area contributed by atoms with Crippen LogP contribution in [-0.2, 0) is 32.5 Å².